The van der Waals surface area contributed by atoms with Gasteiger partial charge in [0.1, 0.15) is 0 Å². The largest absolute Gasteiger partial charge is 0.310 e. The summed E-state index contributed by atoms with van der Waals surface area (Å²) in [7, 11) is 0. The molecule has 2 saturated carbocycles. The lowest BCUT2D eigenvalue weighted by atomic mass is 9.87. The molecule has 1 aromatic carbocycles. The van der Waals surface area contributed by atoms with Crippen molar-refractivity contribution in [1.29, 1.82) is 0 Å². The van der Waals surface area contributed by atoms with E-state index < -0.39 is 0 Å². The fourth-order valence-corrected chi connectivity index (χ4v) is 3.70. The lowest BCUT2D eigenvalue weighted by molar-refractivity contribution is 0.324. The Morgan fingerprint density at radius 3 is 2.35 bits per heavy atom. The van der Waals surface area contributed by atoms with Gasteiger partial charge >= 0.3 is 0 Å². The van der Waals surface area contributed by atoms with Crippen molar-refractivity contribution in [2.24, 2.45) is 11.8 Å². The molecule has 0 bridgehead atoms. The number of hydrogen-bond acceptors (Lipinski definition) is 1. The van der Waals surface area contributed by atoms with Crippen molar-refractivity contribution in [3.63, 3.8) is 0 Å². The monoisotopic (exact) mass is 291 g/mol. The molecule has 2 fully saturated rings. The van der Waals surface area contributed by atoms with Crippen LogP contribution < -0.4 is 5.32 Å². The first-order valence-electron chi connectivity index (χ1n) is 8.32. The zero-order chi connectivity index (χ0) is 13.8. The number of halogens is 1. The molecular weight excluding hydrogens is 266 g/mol. The molecule has 3 rings (SSSR count). The first-order valence-corrected chi connectivity index (χ1v) is 8.69. The number of nitrogens with one attached hydrogen (secondary N) is 1. The molecule has 1 atom stereocenters. The van der Waals surface area contributed by atoms with Crippen LogP contribution in [-0.4, -0.2) is 6.54 Å². The second kappa shape index (κ2) is 6.95. The number of rotatable bonds is 6. The molecule has 0 aliphatic heterocycles. The Labute approximate surface area is 128 Å². The topological polar surface area (TPSA) is 12.0 Å². The van der Waals surface area contributed by atoms with Crippen LogP contribution in [0.4, 0.5) is 0 Å². The Kier molecular flexibility index (Phi) is 5.01. The lowest BCUT2D eigenvalue weighted by Crippen LogP contribution is -2.26. The van der Waals surface area contributed by atoms with E-state index in [9.17, 15) is 0 Å². The predicted molar refractivity (Wildman–Crippen MR) is 86.1 cm³/mol. The van der Waals surface area contributed by atoms with Gasteiger partial charge in [-0.3, -0.25) is 0 Å². The fourth-order valence-electron chi connectivity index (χ4n) is 3.58. The third-order valence-electron chi connectivity index (χ3n) is 4.96. The van der Waals surface area contributed by atoms with Crippen LogP contribution in [0.3, 0.4) is 0 Å². The van der Waals surface area contributed by atoms with Crippen molar-refractivity contribution < 1.29 is 0 Å². The highest BCUT2D eigenvalue weighted by atomic mass is 35.5. The van der Waals surface area contributed by atoms with Gasteiger partial charge < -0.3 is 5.32 Å². The molecule has 110 valence electrons. The first-order chi connectivity index (χ1) is 9.83. The molecule has 1 nitrogen and oxygen atoms in total. The van der Waals surface area contributed by atoms with Crippen LogP contribution in [0.25, 0.3) is 0 Å². The van der Waals surface area contributed by atoms with E-state index >= 15 is 0 Å². The molecule has 0 saturated heterocycles. The van der Waals surface area contributed by atoms with Gasteiger partial charge in [0, 0.05) is 11.1 Å². The van der Waals surface area contributed by atoms with Crippen LogP contribution in [0, 0.1) is 11.8 Å². The van der Waals surface area contributed by atoms with Gasteiger partial charge in [0.15, 0.2) is 0 Å². The van der Waals surface area contributed by atoms with Gasteiger partial charge in [-0.15, -0.1) is 0 Å². The Morgan fingerprint density at radius 2 is 1.70 bits per heavy atom. The molecule has 1 N–H and O–H groups in total. The normalized spacial score (nSPS) is 21.9. The van der Waals surface area contributed by atoms with Gasteiger partial charge in [0.05, 0.1) is 0 Å². The number of hydrogen-bond donors (Lipinski definition) is 1. The van der Waals surface area contributed by atoms with Gasteiger partial charge in [0.25, 0.3) is 0 Å². The summed E-state index contributed by atoms with van der Waals surface area (Å²) in [4.78, 5) is 0. The van der Waals surface area contributed by atoms with E-state index in [2.05, 4.69) is 17.4 Å². The van der Waals surface area contributed by atoms with Crippen molar-refractivity contribution in [2.45, 2.75) is 57.4 Å². The second-order valence-corrected chi connectivity index (χ2v) is 7.05. The van der Waals surface area contributed by atoms with E-state index in [0.717, 1.165) is 16.9 Å². The van der Waals surface area contributed by atoms with E-state index in [1.165, 1.54) is 63.5 Å². The average Bonchev–Trinajstić information content (AvgIpc) is 3.31. The fraction of sp³-hybridized carbons (Fsp3) is 0.667. The Bertz CT molecular complexity index is 404. The summed E-state index contributed by atoms with van der Waals surface area (Å²) in [5.41, 5.74) is 1.42. The molecule has 0 heterocycles. The van der Waals surface area contributed by atoms with Crippen LogP contribution in [0.1, 0.15) is 63.0 Å². The molecule has 2 heteroatoms. The highest BCUT2D eigenvalue weighted by molar-refractivity contribution is 6.30. The molecule has 0 aromatic heterocycles. The molecular formula is C18H26ClN. The van der Waals surface area contributed by atoms with Gasteiger partial charge in [-0.2, -0.15) is 0 Å². The van der Waals surface area contributed by atoms with Gasteiger partial charge in [-0.25, -0.2) is 0 Å². The Morgan fingerprint density at radius 1 is 1.00 bits per heavy atom. The Hall–Kier alpha value is -0.530. The maximum atomic E-state index is 6.00. The number of benzene rings is 1. The summed E-state index contributed by atoms with van der Waals surface area (Å²) in [6.45, 7) is 1.18. The van der Waals surface area contributed by atoms with Crippen molar-refractivity contribution in [3.8, 4) is 0 Å². The molecule has 0 radical (unpaired) electrons. The maximum Gasteiger partial charge on any atom is 0.0406 e. The van der Waals surface area contributed by atoms with Crippen molar-refractivity contribution in [3.05, 3.63) is 34.9 Å². The average molecular weight is 292 g/mol. The molecule has 20 heavy (non-hydrogen) atoms. The minimum absolute atomic E-state index is 0.552. The molecule has 2 aliphatic carbocycles. The molecule has 0 spiro atoms. The van der Waals surface area contributed by atoms with E-state index in [-0.39, 0.29) is 0 Å². The van der Waals surface area contributed by atoms with Crippen molar-refractivity contribution in [2.75, 3.05) is 6.54 Å². The first kappa shape index (κ1) is 14.4. The zero-order valence-electron chi connectivity index (χ0n) is 12.3. The SMILES string of the molecule is Clc1ccc(C(NCCC2CCCCC2)C2CC2)cc1. The summed E-state index contributed by atoms with van der Waals surface area (Å²) in [6, 6.07) is 8.98. The van der Waals surface area contributed by atoms with Crippen molar-refractivity contribution in [1.82, 2.24) is 5.32 Å². The van der Waals surface area contributed by atoms with Crippen LogP contribution in [0.15, 0.2) is 24.3 Å². The minimum Gasteiger partial charge on any atom is -0.310 e. The highest BCUT2D eigenvalue weighted by Crippen LogP contribution is 2.41. The molecule has 2 aliphatic rings. The van der Waals surface area contributed by atoms with E-state index in [1.807, 2.05) is 12.1 Å². The van der Waals surface area contributed by atoms with Crippen molar-refractivity contribution >= 4 is 11.6 Å². The minimum atomic E-state index is 0.552. The smallest absolute Gasteiger partial charge is 0.0406 e. The van der Waals surface area contributed by atoms with Crippen LogP contribution >= 0.6 is 11.6 Å². The summed E-state index contributed by atoms with van der Waals surface area (Å²) in [5, 5.41) is 4.66. The quantitative estimate of drug-likeness (QED) is 0.745. The predicted octanol–water partition coefficient (Wildman–Crippen LogP) is 5.35. The second-order valence-electron chi connectivity index (χ2n) is 6.61. The third kappa shape index (κ3) is 3.99. The van der Waals surface area contributed by atoms with E-state index in [1.54, 1.807) is 0 Å². The van der Waals surface area contributed by atoms with E-state index in [4.69, 9.17) is 11.6 Å². The molecule has 0 amide bonds. The van der Waals surface area contributed by atoms with Gasteiger partial charge in [-0.1, -0.05) is 55.8 Å². The highest BCUT2D eigenvalue weighted by Gasteiger charge is 2.31. The van der Waals surface area contributed by atoms with Gasteiger partial charge in [-0.05, 0) is 55.3 Å². The summed E-state index contributed by atoms with van der Waals surface area (Å²) in [6.07, 6.45) is 11.4. The summed E-state index contributed by atoms with van der Waals surface area (Å²) >= 11 is 6.00. The Balaban J connectivity index is 1.51. The van der Waals surface area contributed by atoms with Gasteiger partial charge in [0.2, 0.25) is 0 Å². The summed E-state index contributed by atoms with van der Waals surface area (Å²) < 4.78 is 0. The lowest BCUT2D eigenvalue weighted by Gasteiger charge is -2.24. The zero-order valence-corrected chi connectivity index (χ0v) is 13.0. The van der Waals surface area contributed by atoms with Crippen LogP contribution in [0.2, 0.25) is 5.02 Å². The van der Waals surface area contributed by atoms with Crippen LogP contribution in [0.5, 0.6) is 0 Å². The van der Waals surface area contributed by atoms with Crippen LogP contribution in [-0.2, 0) is 0 Å². The molecule has 1 aromatic rings. The maximum absolute atomic E-state index is 6.00. The molecule has 1 unspecified atom stereocenters. The standard InChI is InChI=1S/C18H26ClN/c19-17-10-8-16(9-11-17)18(15-6-7-15)20-13-12-14-4-2-1-3-5-14/h8-11,14-15,18,20H,1-7,12-13H2. The third-order valence-corrected chi connectivity index (χ3v) is 5.22. The van der Waals surface area contributed by atoms with E-state index in [0.29, 0.717) is 6.04 Å². The summed E-state index contributed by atoms with van der Waals surface area (Å²) in [5.74, 6) is 1.82.